The maximum atomic E-state index is 10.6. The molecular formula is C21H27IN4O3. The average Bonchev–Trinajstić information content (AvgIpc) is 3.37. The van der Waals surface area contributed by atoms with E-state index in [2.05, 4.69) is 20.6 Å². The topological polar surface area (TPSA) is 95.8 Å². The summed E-state index contributed by atoms with van der Waals surface area (Å²) in [5.74, 6) is 1.65. The van der Waals surface area contributed by atoms with E-state index in [-0.39, 0.29) is 30.5 Å². The molecular weight excluding hydrogens is 483 g/mol. The molecule has 0 aliphatic carbocycles. The third-order valence-electron chi connectivity index (χ3n) is 4.25. The molecule has 1 aromatic carbocycles. The molecule has 8 heteroatoms. The number of rotatable bonds is 7. The molecule has 3 N–H and O–H groups in total. The fourth-order valence-corrected chi connectivity index (χ4v) is 2.64. The summed E-state index contributed by atoms with van der Waals surface area (Å²) >= 11 is 0. The number of aliphatic hydroxyl groups is 1. The molecule has 0 spiro atoms. The molecule has 0 amide bonds. The summed E-state index contributed by atoms with van der Waals surface area (Å²) in [6.07, 6.45) is 3.15. The largest absolute Gasteiger partial charge is 0.466 e. The van der Waals surface area contributed by atoms with Crippen molar-refractivity contribution in [1.82, 2.24) is 15.6 Å². The van der Waals surface area contributed by atoms with E-state index in [1.165, 1.54) is 5.56 Å². The fraction of sp³-hybridized carbons (Fsp3) is 0.333. The lowest BCUT2D eigenvalue weighted by atomic mass is 10.0. The molecule has 7 nitrogen and oxygen atoms in total. The minimum Gasteiger partial charge on any atom is -0.466 e. The van der Waals surface area contributed by atoms with E-state index in [0.717, 1.165) is 11.3 Å². The van der Waals surface area contributed by atoms with Crippen LogP contribution in [0.3, 0.4) is 0 Å². The number of nitrogens with zero attached hydrogens (tertiary/aromatic N) is 2. The molecule has 0 aliphatic rings. The number of oxazole rings is 1. The highest BCUT2D eigenvalue weighted by molar-refractivity contribution is 14.0. The Kier molecular flexibility index (Phi) is 8.27. The summed E-state index contributed by atoms with van der Waals surface area (Å²) in [5.41, 5.74) is 1.70. The molecule has 0 fully saturated rings. The van der Waals surface area contributed by atoms with E-state index in [1.807, 2.05) is 38.1 Å². The van der Waals surface area contributed by atoms with Crippen molar-refractivity contribution in [3.05, 3.63) is 65.9 Å². The normalized spacial score (nSPS) is 13.4. The monoisotopic (exact) mass is 510 g/mol. The van der Waals surface area contributed by atoms with Crippen LogP contribution in [0, 0.1) is 6.92 Å². The molecule has 0 saturated heterocycles. The van der Waals surface area contributed by atoms with Gasteiger partial charge in [-0.25, -0.2) is 9.98 Å². The van der Waals surface area contributed by atoms with Gasteiger partial charge in [0.05, 0.1) is 19.4 Å². The van der Waals surface area contributed by atoms with Gasteiger partial charge in [0.15, 0.2) is 5.96 Å². The highest BCUT2D eigenvalue weighted by atomic mass is 127. The second-order valence-electron chi connectivity index (χ2n) is 6.81. The van der Waals surface area contributed by atoms with E-state index in [1.54, 1.807) is 31.6 Å². The van der Waals surface area contributed by atoms with Gasteiger partial charge < -0.3 is 24.6 Å². The average molecular weight is 510 g/mol. The number of aliphatic imine (C=N–C) groups is 1. The molecule has 2 aromatic heterocycles. The number of benzene rings is 1. The lowest BCUT2D eigenvalue weighted by Gasteiger charge is -2.22. The zero-order valence-electron chi connectivity index (χ0n) is 16.8. The number of furan rings is 1. The molecule has 3 aromatic rings. The van der Waals surface area contributed by atoms with Crippen LogP contribution in [0.2, 0.25) is 0 Å². The molecule has 1 atom stereocenters. The Morgan fingerprint density at radius 1 is 1.17 bits per heavy atom. The molecule has 0 bridgehead atoms. The van der Waals surface area contributed by atoms with Crippen molar-refractivity contribution in [2.24, 2.45) is 4.99 Å². The molecule has 0 radical (unpaired) electrons. The number of hydrogen-bond acceptors (Lipinski definition) is 5. The predicted octanol–water partition coefficient (Wildman–Crippen LogP) is 3.82. The van der Waals surface area contributed by atoms with Crippen LogP contribution >= 0.6 is 24.0 Å². The molecule has 3 rings (SSSR count). The summed E-state index contributed by atoms with van der Waals surface area (Å²) in [7, 11) is 0. The molecule has 29 heavy (non-hydrogen) atoms. The second-order valence-corrected chi connectivity index (χ2v) is 6.81. The molecule has 0 saturated carbocycles. The van der Waals surface area contributed by atoms with Crippen molar-refractivity contribution in [2.75, 3.05) is 13.1 Å². The van der Waals surface area contributed by atoms with Crippen molar-refractivity contribution in [1.29, 1.82) is 0 Å². The first kappa shape index (κ1) is 23.0. The van der Waals surface area contributed by atoms with Crippen molar-refractivity contribution in [3.63, 3.8) is 0 Å². The van der Waals surface area contributed by atoms with Crippen LogP contribution < -0.4 is 10.6 Å². The third-order valence-corrected chi connectivity index (χ3v) is 4.25. The van der Waals surface area contributed by atoms with Gasteiger partial charge >= 0.3 is 0 Å². The Labute approximate surface area is 187 Å². The molecule has 0 aliphatic heterocycles. The van der Waals surface area contributed by atoms with Crippen LogP contribution in [0.5, 0.6) is 0 Å². The summed E-state index contributed by atoms with van der Waals surface area (Å²) < 4.78 is 10.9. The fourth-order valence-electron chi connectivity index (χ4n) is 2.64. The standard InChI is InChI=1S/C21H26N4O3.HI/c1-4-22-20(24-14-21(3,26)18-6-5-11-27-18)23-12-17-13-28-19(25-17)16-9-7-15(2)8-10-16;/h5-11,13,26H,4,12,14H2,1-3H3,(H2,22,23,24);1H. The summed E-state index contributed by atoms with van der Waals surface area (Å²) in [5, 5.41) is 16.8. The van der Waals surface area contributed by atoms with Gasteiger partial charge in [0, 0.05) is 12.1 Å². The van der Waals surface area contributed by atoms with E-state index in [9.17, 15) is 5.11 Å². The van der Waals surface area contributed by atoms with Gasteiger partial charge in [-0.1, -0.05) is 17.7 Å². The van der Waals surface area contributed by atoms with Crippen molar-refractivity contribution in [3.8, 4) is 11.5 Å². The van der Waals surface area contributed by atoms with Gasteiger partial charge in [-0.2, -0.15) is 0 Å². The number of aromatic nitrogens is 1. The van der Waals surface area contributed by atoms with Gasteiger partial charge in [-0.3, -0.25) is 0 Å². The van der Waals surface area contributed by atoms with Gasteiger partial charge in [-0.15, -0.1) is 24.0 Å². The first-order valence-electron chi connectivity index (χ1n) is 9.28. The summed E-state index contributed by atoms with van der Waals surface area (Å²) in [6.45, 7) is 7.01. The van der Waals surface area contributed by atoms with E-state index >= 15 is 0 Å². The van der Waals surface area contributed by atoms with Crippen LogP contribution in [0.25, 0.3) is 11.5 Å². The first-order chi connectivity index (χ1) is 13.5. The third kappa shape index (κ3) is 6.33. The minimum absolute atomic E-state index is 0. The Morgan fingerprint density at radius 3 is 2.59 bits per heavy atom. The SMILES string of the molecule is CCNC(=NCc1coc(-c2ccc(C)cc2)n1)NCC(C)(O)c1ccco1.I. The van der Waals surface area contributed by atoms with Gasteiger partial charge in [0.25, 0.3) is 0 Å². The number of hydrogen-bond donors (Lipinski definition) is 3. The van der Waals surface area contributed by atoms with Gasteiger partial charge in [0.2, 0.25) is 5.89 Å². The van der Waals surface area contributed by atoms with Gasteiger partial charge in [0.1, 0.15) is 23.3 Å². The molecule has 156 valence electrons. The minimum atomic E-state index is -1.15. The zero-order chi connectivity index (χ0) is 20.0. The smallest absolute Gasteiger partial charge is 0.226 e. The maximum Gasteiger partial charge on any atom is 0.226 e. The summed E-state index contributed by atoms with van der Waals surface area (Å²) in [4.78, 5) is 9.02. The first-order valence-corrected chi connectivity index (χ1v) is 9.28. The quantitative estimate of drug-likeness (QED) is 0.254. The highest BCUT2D eigenvalue weighted by Gasteiger charge is 2.26. The van der Waals surface area contributed by atoms with Crippen LogP contribution in [0.15, 0.2) is 62.8 Å². The Balaban J connectivity index is 0.00000300. The number of halogens is 1. The van der Waals surface area contributed by atoms with Crippen LogP contribution in [0.4, 0.5) is 0 Å². The van der Waals surface area contributed by atoms with E-state index in [0.29, 0.717) is 30.7 Å². The van der Waals surface area contributed by atoms with E-state index < -0.39 is 5.60 Å². The Bertz CT molecular complexity index is 902. The van der Waals surface area contributed by atoms with Crippen molar-refractivity contribution in [2.45, 2.75) is 32.9 Å². The lowest BCUT2D eigenvalue weighted by molar-refractivity contribution is 0.0386. The lowest BCUT2D eigenvalue weighted by Crippen LogP contribution is -2.44. The zero-order valence-corrected chi connectivity index (χ0v) is 19.1. The Hall–Kier alpha value is -2.33. The number of guanidine groups is 1. The maximum absolute atomic E-state index is 10.6. The Morgan fingerprint density at radius 2 is 1.93 bits per heavy atom. The van der Waals surface area contributed by atoms with Crippen molar-refractivity contribution >= 4 is 29.9 Å². The summed E-state index contributed by atoms with van der Waals surface area (Å²) in [6, 6.07) is 11.5. The number of nitrogens with one attached hydrogen (secondary N) is 2. The molecule has 2 heterocycles. The van der Waals surface area contributed by atoms with Crippen molar-refractivity contribution < 1.29 is 13.9 Å². The predicted molar refractivity (Wildman–Crippen MR) is 123 cm³/mol. The van der Waals surface area contributed by atoms with Crippen LogP contribution in [-0.2, 0) is 12.1 Å². The van der Waals surface area contributed by atoms with Crippen LogP contribution in [-0.4, -0.2) is 29.1 Å². The van der Waals surface area contributed by atoms with E-state index in [4.69, 9.17) is 8.83 Å². The number of aryl methyl sites for hydroxylation is 1. The van der Waals surface area contributed by atoms with Crippen LogP contribution in [0.1, 0.15) is 30.9 Å². The highest BCUT2D eigenvalue weighted by Crippen LogP contribution is 2.20. The second kappa shape index (κ2) is 10.4. The molecule has 1 unspecified atom stereocenters. The van der Waals surface area contributed by atoms with Gasteiger partial charge in [-0.05, 0) is 45.0 Å².